The first-order valence-corrected chi connectivity index (χ1v) is 7.86. The van der Waals surface area contributed by atoms with E-state index >= 15 is 0 Å². The van der Waals surface area contributed by atoms with E-state index in [2.05, 4.69) is 10.6 Å². The molecule has 0 aliphatic carbocycles. The Kier molecular flexibility index (Phi) is 7.16. The van der Waals surface area contributed by atoms with Crippen molar-refractivity contribution in [3.8, 4) is 11.5 Å². The van der Waals surface area contributed by atoms with Gasteiger partial charge in [0.15, 0.2) is 11.5 Å². The van der Waals surface area contributed by atoms with Crippen LogP contribution in [-0.4, -0.2) is 36.0 Å². The van der Waals surface area contributed by atoms with Crippen molar-refractivity contribution in [1.29, 1.82) is 0 Å². The smallest absolute Gasteiger partial charge is 0.407 e. The number of nitrogens with one attached hydrogen (secondary N) is 2. The predicted molar refractivity (Wildman–Crippen MR) is 89.8 cm³/mol. The van der Waals surface area contributed by atoms with E-state index in [1.54, 1.807) is 12.1 Å². The second kappa shape index (κ2) is 8.62. The van der Waals surface area contributed by atoms with Crippen LogP contribution in [0.2, 0.25) is 0 Å². The van der Waals surface area contributed by atoms with Crippen LogP contribution in [-0.2, 0) is 11.3 Å². The van der Waals surface area contributed by atoms with Gasteiger partial charge in [-0.15, -0.1) is 0 Å². The first-order chi connectivity index (χ1) is 10.7. The highest BCUT2D eigenvalue weighted by atomic mass is 16.6. The maximum atomic E-state index is 11.6. The number of amides is 1. The highest BCUT2D eigenvalue weighted by molar-refractivity contribution is 5.67. The first-order valence-electron chi connectivity index (χ1n) is 7.86. The number of phenolic OH excluding ortho intramolecular Hbond substituents is 1. The molecule has 6 heteroatoms. The van der Waals surface area contributed by atoms with Crippen LogP contribution in [0.3, 0.4) is 0 Å². The lowest BCUT2D eigenvalue weighted by Gasteiger charge is -2.21. The summed E-state index contributed by atoms with van der Waals surface area (Å²) in [5.41, 5.74) is 0.498. The molecule has 23 heavy (non-hydrogen) atoms. The number of hydrogen-bond donors (Lipinski definition) is 3. The Morgan fingerprint density at radius 2 is 2.04 bits per heavy atom. The van der Waals surface area contributed by atoms with Crippen molar-refractivity contribution in [1.82, 2.24) is 10.6 Å². The largest absolute Gasteiger partial charge is 0.504 e. The first kappa shape index (κ1) is 19.1. The number of alkyl carbamates (subject to hydrolysis) is 1. The Labute approximate surface area is 138 Å². The number of aromatic hydroxyl groups is 1. The normalized spacial score (nSPS) is 12.6. The number of rotatable bonds is 7. The molecule has 0 radical (unpaired) electrons. The minimum absolute atomic E-state index is 0.0758. The Balaban J connectivity index is 2.40. The quantitative estimate of drug-likeness (QED) is 0.719. The van der Waals surface area contributed by atoms with E-state index < -0.39 is 11.7 Å². The minimum Gasteiger partial charge on any atom is -0.504 e. The third-order valence-electron chi connectivity index (χ3n) is 2.93. The van der Waals surface area contributed by atoms with Crippen molar-refractivity contribution in [3.63, 3.8) is 0 Å². The molecule has 3 N–H and O–H groups in total. The molecule has 1 aromatic carbocycles. The van der Waals surface area contributed by atoms with Crippen molar-refractivity contribution in [3.05, 3.63) is 23.8 Å². The lowest BCUT2D eigenvalue weighted by Crippen LogP contribution is -2.40. The molecular weight excluding hydrogens is 296 g/mol. The van der Waals surface area contributed by atoms with E-state index in [-0.39, 0.29) is 11.8 Å². The summed E-state index contributed by atoms with van der Waals surface area (Å²) in [6.07, 6.45) is -0.422. The van der Waals surface area contributed by atoms with Gasteiger partial charge in [-0.2, -0.15) is 0 Å². The molecule has 0 saturated heterocycles. The van der Waals surface area contributed by atoms with Crippen LogP contribution in [0, 0.1) is 0 Å². The molecule has 6 nitrogen and oxygen atoms in total. The van der Waals surface area contributed by atoms with Crippen molar-refractivity contribution in [2.45, 2.75) is 52.8 Å². The van der Waals surface area contributed by atoms with Crippen molar-refractivity contribution in [2.24, 2.45) is 0 Å². The van der Waals surface area contributed by atoms with Crippen molar-refractivity contribution >= 4 is 6.09 Å². The molecule has 0 heterocycles. The summed E-state index contributed by atoms with van der Waals surface area (Å²) in [7, 11) is 0. The van der Waals surface area contributed by atoms with Gasteiger partial charge in [0.05, 0.1) is 6.61 Å². The molecule has 0 fully saturated rings. The van der Waals surface area contributed by atoms with Gasteiger partial charge in [0.25, 0.3) is 0 Å². The molecule has 0 spiro atoms. The standard InChI is InChI=1S/C17H28N2O4/c1-6-22-15-9-13(7-8-14(15)20)11-18-12(2)10-19-16(21)23-17(3,4)5/h7-9,12,18,20H,6,10-11H2,1-5H3,(H,19,21). The van der Waals surface area contributed by atoms with E-state index in [9.17, 15) is 9.90 Å². The van der Waals surface area contributed by atoms with Gasteiger partial charge in [-0.1, -0.05) is 6.07 Å². The molecule has 1 rings (SSSR count). The summed E-state index contributed by atoms with van der Waals surface area (Å²) < 4.78 is 10.5. The topological polar surface area (TPSA) is 79.8 Å². The summed E-state index contributed by atoms with van der Waals surface area (Å²) in [5.74, 6) is 0.613. The minimum atomic E-state index is -0.498. The summed E-state index contributed by atoms with van der Waals surface area (Å²) in [6.45, 7) is 10.9. The average Bonchev–Trinajstić information content (AvgIpc) is 2.44. The van der Waals surface area contributed by atoms with Crippen LogP contribution in [0.15, 0.2) is 18.2 Å². The second-order valence-electron chi connectivity index (χ2n) is 6.40. The zero-order chi connectivity index (χ0) is 17.5. The summed E-state index contributed by atoms with van der Waals surface area (Å²) in [4.78, 5) is 11.6. The molecule has 0 bridgehead atoms. The van der Waals surface area contributed by atoms with E-state index in [0.29, 0.717) is 25.4 Å². The fraction of sp³-hybridized carbons (Fsp3) is 0.588. The van der Waals surface area contributed by atoms with Gasteiger partial charge in [-0.3, -0.25) is 0 Å². The van der Waals surface area contributed by atoms with Gasteiger partial charge in [-0.25, -0.2) is 4.79 Å². The molecular formula is C17H28N2O4. The predicted octanol–water partition coefficient (Wildman–Crippen LogP) is 2.79. The van der Waals surface area contributed by atoms with Gasteiger partial charge >= 0.3 is 6.09 Å². The van der Waals surface area contributed by atoms with Gasteiger partial charge < -0.3 is 25.2 Å². The lowest BCUT2D eigenvalue weighted by molar-refractivity contribution is 0.0523. The number of benzene rings is 1. The fourth-order valence-electron chi connectivity index (χ4n) is 1.85. The van der Waals surface area contributed by atoms with Crippen LogP contribution in [0.5, 0.6) is 11.5 Å². The van der Waals surface area contributed by atoms with Crippen molar-refractivity contribution in [2.75, 3.05) is 13.2 Å². The third kappa shape index (κ3) is 7.74. The number of carbonyl (C=O) groups is 1. The molecule has 1 amide bonds. The van der Waals surface area contributed by atoms with Crippen LogP contribution in [0.1, 0.15) is 40.2 Å². The lowest BCUT2D eigenvalue weighted by atomic mass is 10.2. The van der Waals surface area contributed by atoms with Gasteiger partial charge in [-0.05, 0) is 52.3 Å². The van der Waals surface area contributed by atoms with Gasteiger partial charge in [0, 0.05) is 19.1 Å². The molecule has 1 atom stereocenters. The molecule has 0 saturated carbocycles. The maximum Gasteiger partial charge on any atom is 0.407 e. The number of hydrogen-bond acceptors (Lipinski definition) is 5. The molecule has 130 valence electrons. The van der Waals surface area contributed by atoms with E-state index in [4.69, 9.17) is 9.47 Å². The van der Waals surface area contributed by atoms with E-state index in [1.807, 2.05) is 40.7 Å². The van der Waals surface area contributed by atoms with Crippen LogP contribution in [0.4, 0.5) is 4.79 Å². The highest BCUT2D eigenvalue weighted by Gasteiger charge is 2.16. The number of carbonyl (C=O) groups excluding carboxylic acids is 1. The summed E-state index contributed by atoms with van der Waals surface area (Å²) in [5, 5.41) is 15.7. The molecule has 0 aliphatic rings. The Hall–Kier alpha value is -1.95. The zero-order valence-corrected chi connectivity index (χ0v) is 14.6. The SMILES string of the molecule is CCOc1cc(CNC(C)CNC(=O)OC(C)(C)C)ccc1O. The molecule has 1 aromatic rings. The monoisotopic (exact) mass is 324 g/mol. The Bertz CT molecular complexity index is 512. The zero-order valence-electron chi connectivity index (χ0n) is 14.6. The average molecular weight is 324 g/mol. The Morgan fingerprint density at radius 1 is 1.35 bits per heavy atom. The highest BCUT2D eigenvalue weighted by Crippen LogP contribution is 2.26. The molecule has 0 aromatic heterocycles. The fourth-order valence-corrected chi connectivity index (χ4v) is 1.85. The Morgan fingerprint density at radius 3 is 2.65 bits per heavy atom. The number of ether oxygens (including phenoxy) is 2. The molecule has 0 aliphatic heterocycles. The second-order valence-corrected chi connectivity index (χ2v) is 6.40. The maximum absolute atomic E-state index is 11.6. The number of phenols is 1. The molecule has 1 unspecified atom stereocenters. The van der Waals surface area contributed by atoms with Crippen LogP contribution < -0.4 is 15.4 Å². The van der Waals surface area contributed by atoms with E-state index in [1.165, 1.54) is 0 Å². The van der Waals surface area contributed by atoms with Gasteiger partial charge in [0.1, 0.15) is 5.60 Å². The third-order valence-corrected chi connectivity index (χ3v) is 2.93. The van der Waals surface area contributed by atoms with Crippen molar-refractivity contribution < 1.29 is 19.4 Å². The van der Waals surface area contributed by atoms with E-state index in [0.717, 1.165) is 5.56 Å². The van der Waals surface area contributed by atoms with Crippen LogP contribution >= 0.6 is 0 Å². The summed E-state index contributed by atoms with van der Waals surface area (Å²) >= 11 is 0. The van der Waals surface area contributed by atoms with Gasteiger partial charge in [0.2, 0.25) is 0 Å². The van der Waals surface area contributed by atoms with Crippen LogP contribution in [0.25, 0.3) is 0 Å². The summed E-state index contributed by atoms with van der Waals surface area (Å²) in [6, 6.07) is 5.33.